The van der Waals surface area contributed by atoms with Gasteiger partial charge in [0.2, 0.25) is 0 Å². The van der Waals surface area contributed by atoms with Gasteiger partial charge < -0.3 is 11.5 Å². The molecule has 0 spiro atoms. The Hall–Kier alpha value is -0.810. The molecular formula is C32H24N6Na5O15S5. The second-order valence-corrected chi connectivity index (χ2v) is 19.1. The van der Waals surface area contributed by atoms with Gasteiger partial charge in [-0.25, -0.2) is 0 Å². The monoisotopic (exact) mass is 1010 g/mol. The molecule has 0 aliphatic carbocycles. The third-order valence-corrected chi connectivity index (χ3v) is 12.7. The van der Waals surface area contributed by atoms with E-state index in [1.54, 1.807) is 0 Å². The Bertz CT molecular complexity index is 3400. The van der Waals surface area contributed by atoms with E-state index >= 15 is 0 Å². The van der Waals surface area contributed by atoms with Crippen molar-refractivity contribution in [2.24, 2.45) is 20.5 Å². The molecule has 0 heterocycles. The van der Waals surface area contributed by atoms with Gasteiger partial charge in [0.1, 0.15) is 31.7 Å². The smallest absolute Gasteiger partial charge is 0.296 e. The van der Waals surface area contributed by atoms with E-state index in [2.05, 4.69) is 20.5 Å². The Balaban J connectivity index is 0.00000397. The first-order chi connectivity index (χ1) is 26.7. The Morgan fingerprint density at radius 1 is 0.381 bits per heavy atom. The van der Waals surface area contributed by atoms with Gasteiger partial charge >= 0.3 is 0 Å². The summed E-state index contributed by atoms with van der Waals surface area (Å²) in [5.74, 6) is 0. The van der Waals surface area contributed by atoms with Crippen LogP contribution in [0.4, 0.5) is 34.1 Å². The molecular weight excluding hydrogens is 984 g/mol. The van der Waals surface area contributed by atoms with Crippen LogP contribution in [0.15, 0.2) is 136 Å². The third-order valence-electron chi connectivity index (χ3n) is 8.28. The first-order valence-corrected chi connectivity index (χ1v) is 22.6. The molecule has 63 heavy (non-hydrogen) atoms. The molecule has 0 saturated heterocycles. The van der Waals surface area contributed by atoms with Crippen molar-refractivity contribution in [2.45, 2.75) is 24.5 Å². The summed E-state index contributed by atoms with van der Waals surface area (Å²) < 4.78 is 168. The topological polar surface area (TPSA) is 373 Å². The van der Waals surface area contributed by atoms with E-state index < -0.39 is 97.8 Å². The second-order valence-electron chi connectivity index (χ2n) is 12.0. The molecule has 0 aliphatic heterocycles. The molecule has 6 rings (SSSR count). The number of hydrogen-bond acceptors (Lipinski definition) is 16. The molecule has 0 atom stereocenters. The number of benzene rings is 6. The average Bonchev–Trinajstić information content (AvgIpc) is 3.11. The average molecular weight is 1010 g/mol. The summed E-state index contributed by atoms with van der Waals surface area (Å²) in [4.78, 5) is -3.73. The van der Waals surface area contributed by atoms with Crippen LogP contribution in [0.25, 0.3) is 32.7 Å². The van der Waals surface area contributed by atoms with E-state index in [1.807, 2.05) is 0 Å². The molecule has 6 aromatic rings. The third kappa shape index (κ3) is 13.9. The second kappa shape index (κ2) is 22.5. The van der Waals surface area contributed by atoms with Gasteiger partial charge in [-0.05, 0) is 82.6 Å². The Kier molecular flexibility index (Phi) is 21.5. The number of anilines is 2. The molecule has 0 bridgehead atoms. The summed E-state index contributed by atoms with van der Waals surface area (Å²) >= 11 is 0. The van der Waals surface area contributed by atoms with Crippen molar-refractivity contribution < 1.29 is 64.9 Å². The number of hydrogen-bond donors (Lipinski definition) is 7. The van der Waals surface area contributed by atoms with Crippen LogP contribution < -0.4 is 11.5 Å². The fourth-order valence-corrected chi connectivity index (χ4v) is 8.57. The zero-order chi connectivity index (χ0) is 42.7. The zero-order valence-corrected chi connectivity index (χ0v) is 47.5. The van der Waals surface area contributed by atoms with E-state index in [0.717, 1.165) is 54.6 Å². The summed E-state index contributed by atoms with van der Waals surface area (Å²) in [5.41, 5.74) is 10.2. The van der Waals surface area contributed by atoms with Crippen LogP contribution in [-0.4, -0.2) is 213 Å². The SMILES string of the molecule is Nc1c(S(=O)(=O)O)cc2cc(S(=O)(=O)O)ccc2c1N=Nc1ccc(-c2ccc(N=Nc3c(N)c(S(=O)(=O)O)cc4cc(S(=O)(=O)O)ccc34)c(S(=O)(=O)O)c2)cc1.[Na].[Na].[Na].[Na].[Na]. The van der Waals surface area contributed by atoms with Crippen molar-refractivity contribution >= 4 is 254 Å². The minimum absolute atomic E-state index is 0. The number of azo groups is 2. The predicted molar refractivity (Wildman–Crippen MR) is 235 cm³/mol. The van der Waals surface area contributed by atoms with Gasteiger partial charge in [-0.3, -0.25) is 22.8 Å². The van der Waals surface area contributed by atoms with Crippen LogP contribution in [-0.2, 0) is 50.6 Å². The minimum Gasteiger partial charge on any atom is -0.396 e. The van der Waals surface area contributed by atoms with Crippen molar-refractivity contribution in [1.29, 1.82) is 0 Å². The molecule has 0 aromatic heterocycles. The van der Waals surface area contributed by atoms with Gasteiger partial charge in [-0.2, -0.15) is 47.2 Å². The maximum Gasteiger partial charge on any atom is 0.296 e. The van der Waals surface area contributed by atoms with Gasteiger partial charge in [-0.15, -0.1) is 15.3 Å². The maximum absolute atomic E-state index is 12.5. The molecule has 21 nitrogen and oxygen atoms in total. The standard InChI is InChI=1S/C32H24N6O15S5.5Na/c33-29-27(57(48,49)50)14-18-11-21(54(39,40)41)6-8-23(18)31(29)37-35-20-4-1-16(2-5-20)17-3-10-25(26(13-17)56(45,46)47)36-38-32-24-9-7-22(55(42,43)44)12-19(24)15-28(30(32)34)58(51,52)53;;;;;/h1-15H,33-34H2,(H,39,40,41)(H,42,43,44)(H,45,46,47)(H,48,49,50)(H,51,52,53);;;;;. The van der Waals surface area contributed by atoms with Crippen molar-refractivity contribution in [1.82, 2.24) is 0 Å². The molecule has 6 aromatic carbocycles. The summed E-state index contributed by atoms with van der Waals surface area (Å²) in [6, 6.07) is 16.9. The van der Waals surface area contributed by atoms with E-state index in [-0.39, 0.29) is 186 Å². The van der Waals surface area contributed by atoms with E-state index in [0.29, 0.717) is 5.56 Å². The van der Waals surface area contributed by atoms with Gasteiger partial charge in [-0.1, -0.05) is 30.3 Å². The molecule has 0 fully saturated rings. The molecule has 0 saturated carbocycles. The Morgan fingerprint density at radius 2 is 0.762 bits per heavy atom. The van der Waals surface area contributed by atoms with Crippen molar-refractivity contribution in [2.75, 3.05) is 11.5 Å². The Labute approximate surface area is 470 Å². The predicted octanol–water partition coefficient (Wildman–Crippen LogP) is 3.98. The fraction of sp³-hybridized carbons (Fsp3) is 0. The first-order valence-electron chi connectivity index (χ1n) is 15.4. The zero-order valence-electron chi connectivity index (χ0n) is 33.5. The maximum atomic E-state index is 12.5. The summed E-state index contributed by atoms with van der Waals surface area (Å²) in [5, 5.41) is 15.6. The van der Waals surface area contributed by atoms with Crippen LogP contribution in [0, 0.1) is 0 Å². The van der Waals surface area contributed by atoms with Crippen molar-refractivity contribution in [3.8, 4) is 11.1 Å². The first kappa shape index (κ1) is 60.2. The number of nitrogens with zero attached hydrogens (tertiary/aromatic N) is 4. The molecule has 0 amide bonds. The quantitative estimate of drug-likeness (QED) is 0.0441. The summed E-state index contributed by atoms with van der Waals surface area (Å²) in [7, 11) is -24.5. The van der Waals surface area contributed by atoms with Crippen molar-refractivity contribution in [3.63, 3.8) is 0 Å². The van der Waals surface area contributed by atoms with Crippen LogP contribution in [0.5, 0.6) is 0 Å². The van der Waals surface area contributed by atoms with Gasteiger partial charge in [0.05, 0.1) is 26.9 Å². The normalized spacial score (nSPS) is 12.2. The molecule has 0 aliphatic rings. The van der Waals surface area contributed by atoms with Gasteiger partial charge in [0, 0.05) is 159 Å². The van der Waals surface area contributed by atoms with Gasteiger partial charge in [0.15, 0.2) is 0 Å². The molecule has 31 heteroatoms. The van der Waals surface area contributed by atoms with E-state index in [1.165, 1.54) is 36.4 Å². The van der Waals surface area contributed by atoms with Crippen LogP contribution in [0.2, 0.25) is 0 Å². The van der Waals surface area contributed by atoms with E-state index in [4.69, 9.17) is 11.5 Å². The molecule has 5 radical (unpaired) electrons. The van der Waals surface area contributed by atoms with Crippen LogP contribution in [0.3, 0.4) is 0 Å². The van der Waals surface area contributed by atoms with Crippen LogP contribution >= 0.6 is 0 Å². The molecule has 0 unspecified atom stereocenters. The summed E-state index contributed by atoms with van der Waals surface area (Å²) in [6.45, 7) is 0. The van der Waals surface area contributed by atoms with E-state index in [9.17, 15) is 64.9 Å². The number of nitrogens with two attached hydrogens (primary N) is 2. The largest absolute Gasteiger partial charge is 0.396 e. The van der Waals surface area contributed by atoms with Crippen molar-refractivity contribution in [3.05, 3.63) is 91.0 Å². The minimum atomic E-state index is -5.04. The number of rotatable bonds is 10. The molecule has 9 N–H and O–H groups in total. The summed E-state index contributed by atoms with van der Waals surface area (Å²) in [6.07, 6.45) is 0. The number of fused-ring (bicyclic) bond motifs is 2. The Morgan fingerprint density at radius 3 is 1.14 bits per heavy atom. The number of nitrogen functional groups attached to an aromatic ring is 2. The fourth-order valence-electron chi connectivity index (χ4n) is 5.59. The molecule has 307 valence electrons. The van der Waals surface area contributed by atoms with Gasteiger partial charge in [0.25, 0.3) is 50.6 Å². The van der Waals surface area contributed by atoms with Crippen LogP contribution in [0.1, 0.15) is 0 Å².